The summed E-state index contributed by atoms with van der Waals surface area (Å²) in [5.74, 6) is 0. The fraction of sp³-hybridized carbons (Fsp3) is 0.235. The van der Waals surface area contributed by atoms with E-state index in [1.807, 2.05) is 24.5 Å². The van der Waals surface area contributed by atoms with E-state index in [4.69, 9.17) is 14.9 Å². The molecule has 0 unspecified atom stereocenters. The second-order valence-corrected chi connectivity index (χ2v) is 5.03. The summed E-state index contributed by atoms with van der Waals surface area (Å²) in [6.07, 6.45) is 6.30. The van der Waals surface area contributed by atoms with Crippen LogP contribution in [0.2, 0.25) is 0 Å². The highest BCUT2D eigenvalue weighted by atomic mass is 16.5. The first-order valence-electron chi connectivity index (χ1n) is 6.95. The van der Waals surface area contributed by atoms with Crippen LogP contribution in [0.5, 0.6) is 0 Å². The van der Waals surface area contributed by atoms with E-state index in [9.17, 15) is 0 Å². The molecule has 1 aromatic carbocycles. The number of ether oxygens (including phenoxy) is 1. The van der Waals surface area contributed by atoms with Gasteiger partial charge in [0, 0.05) is 30.5 Å². The maximum Gasteiger partial charge on any atom is 0.134 e. The number of hydrogen-bond acceptors (Lipinski definition) is 4. The van der Waals surface area contributed by atoms with Crippen molar-refractivity contribution in [1.29, 1.82) is 0 Å². The van der Waals surface area contributed by atoms with E-state index in [0.717, 1.165) is 39.6 Å². The van der Waals surface area contributed by atoms with Crippen molar-refractivity contribution in [2.24, 2.45) is 5.73 Å². The number of nitrogens with zero attached hydrogens (tertiary/aromatic N) is 1. The van der Waals surface area contributed by atoms with Gasteiger partial charge >= 0.3 is 0 Å². The molecule has 0 saturated carbocycles. The third-order valence-corrected chi connectivity index (χ3v) is 3.51. The lowest BCUT2D eigenvalue weighted by molar-refractivity contribution is 0.184. The number of nitrogens with two attached hydrogens (primary N) is 1. The summed E-state index contributed by atoms with van der Waals surface area (Å²) in [5, 5.41) is 1.12. The van der Waals surface area contributed by atoms with Gasteiger partial charge in [-0.15, -0.1) is 0 Å². The zero-order valence-corrected chi connectivity index (χ0v) is 12.0. The van der Waals surface area contributed by atoms with Crippen LogP contribution in [0, 0.1) is 0 Å². The highest BCUT2D eigenvalue weighted by Crippen LogP contribution is 2.28. The van der Waals surface area contributed by atoms with Crippen molar-refractivity contribution >= 4 is 11.0 Å². The summed E-state index contributed by atoms with van der Waals surface area (Å²) >= 11 is 0. The molecule has 2 heterocycles. The number of benzene rings is 1. The second kappa shape index (κ2) is 6.08. The van der Waals surface area contributed by atoms with Gasteiger partial charge in [0.25, 0.3) is 0 Å². The van der Waals surface area contributed by atoms with Gasteiger partial charge in [0.05, 0.1) is 12.9 Å². The average Bonchev–Trinajstić information content (AvgIpc) is 2.91. The highest BCUT2D eigenvalue weighted by molar-refractivity contribution is 5.86. The summed E-state index contributed by atoms with van der Waals surface area (Å²) in [7, 11) is 1.68. The van der Waals surface area contributed by atoms with E-state index in [1.54, 1.807) is 13.4 Å². The Hall–Kier alpha value is -2.17. The zero-order chi connectivity index (χ0) is 14.7. The number of aromatic nitrogens is 1. The largest absolute Gasteiger partial charge is 0.464 e. The van der Waals surface area contributed by atoms with Crippen molar-refractivity contribution in [3.8, 4) is 11.1 Å². The van der Waals surface area contributed by atoms with Crippen LogP contribution in [0.3, 0.4) is 0 Å². The van der Waals surface area contributed by atoms with Crippen molar-refractivity contribution in [3.05, 3.63) is 54.0 Å². The molecule has 0 bridgehead atoms. The quantitative estimate of drug-likeness (QED) is 0.781. The molecule has 3 rings (SSSR count). The molecule has 0 aliphatic heterocycles. The van der Waals surface area contributed by atoms with E-state index in [1.165, 1.54) is 0 Å². The molecule has 0 aliphatic rings. The van der Waals surface area contributed by atoms with Crippen LogP contribution in [0.15, 0.2) is 47.3 Å². The minimum atomic E-state index is 0.563. The fourth-order valence-corrected chi connectivity index (χ4v) is 2.50. The SMILES string of the molecule is COCc1cncc(-c2ccc3occ(CCN)c3c2)c1. The average molecular weight is 282 g/mol. The number of hydrogen-bond donors (Lipinski definition) is 1. The van der Waals surface area contributed by atoms with Gasteiger partial charge in [-0.1, -0.05) is 6.07 Å². The minimum absolute atomic E-state index is 0.563. The Labute approximate surface area is 123 Å². The first-order chi connectivity index (χ1) is 10.3. The third kappa shape index (κ3) is 2.82. The standard InChI is InChI=1S/C17H18N2O2/c1-20-10-12-6-15(9-19-8-12)13-2-3-17-16(7-13)14(4-5-18)11-21-17/h2-3,6-9,11H,4-5,10,18H2,1H3. The van der Waals surface area contributed by atoms with Crippen LogP contribution in [-0.2, 0) is 17.8 Å². The molecule has 0 amide bonds. The molecule has 0 aliphatic carbocycles. The van der Waals surface area contributed by atoms with Gasteiger partial charge in [0.15, 0.2) is 0 Å². The van der Waals surface area contributed by atoms with Gasteiger partial charge in [-0.05, 0) is 47.9 Å². The van der Waals surface area contributed by atoms with Crippen LogP contribution in [0.1, 0.15) is 11.1 Å². The Balaban J connectivity index is 2.03. The van der Waals surface area contributed by atoms with Crippen molar-refractivity contribution in [3.63, 3.8) is 0 Å². The summed E-state index contributed by atoms with van der Waals surface area (Å²) in [6, 6.07) is 8.27. The Morgan fingerprint density at radius 1 is 1.19 bits per heavy atom. The smallest absolute Gasteiger partial charge is 0.134 e. The number of methoxy groups -OCH3 is 1. The fourth-order valence-electron chi connectivity index (χ4n) is 2.50. The summed E-state index contributed by atoms with van der Waals surface area (Å²) in [6.45, 7) is 1.18. The molecule has 0 radical (unpaired) electrons. The van der Waals surface area contributed by atoms with Gasteiger partial charge in [-0.25, -0.2) is 0 Å². The molecule has 0 spiro atoms. The van der Waals surface area contributed by atoms with Gasteiger partial charge in [-0.3, -0.25) is 4.98 Å². The predicted molar refractivity (Wildman–Crippen MR) is 82.9 cm³/mol. The maximum absolute atomic E-state index is 5.65. The monoisotopic (exact) mass is 282 g/mol. The van der Waals surface area contributed by atoms with E-state index < -0.39 is 0 Å². The number of rotatable bonds is 5. The van der Waals surface area contributed by atoms with Crippen LogP contribution in [-0.4, -0.2) is 18.6 Å². The van der Waals surface area contributed by atoms with Crippen LogP contribution >= 0.6 is 0 Å². The number of furan rings is 1. The molecule has 2 aromatic heterocycles. The molecule has 0 atom stereocenters. The predicted octanol–water partition coefficient (Wildman–Crippen LogP) is 3.14. The van der Waals surface area contributed by atoms with Gasteiger partial charge in [0.1, 0.15) is 5.58 Å². The minimum Gasteiger partial charge on any atom is -0.464 e. The molecule has 0 fully saturated rings. The molecule has 0 saturated heterocycles. The molecule has 3 aromatic rings. The molecule has 108 valence electrons. The van der Waals surface area contributed by atoms with Crippen LogP contribution < -0.4 is 5.73 Å². The summed E-state index contributed by atoms with van der Waals surface area (Å²) < 4.78 is 10.7. The molecule has 4 nitrogen and oxygen atoms in total. The van der Waals surface area contributed by atoms with Gasteiger partial charge < -0.3 is 14.9 Å². The Morgan fingerprint density at radius 2 is 2.10 bits per heavy atom. The van der Waals surface area contributed by atoms with Crippen molar-refractivity contribution < 1.29 is 9.15 Å². The van der Waals surface area contributed by atoms with Gasteiger partial charge in [-0.2, -0.15) is 0 Å². The first-order valence-corrected chi connectivity index (χ1v) is 6.95. The molecular weight excluding hydrogens is 264 g/mol. The van der Waals surface area contributed by atoms with Gasteiger partial charge in [0.2, 0.25) is 0 Å². The highest BCUT2D eigenvalue weighted by Gasteiger charge is 2.08. The van der Waals surface area contributed by atoms with E-state index >= 15 is 0 Å². The lowest BCUT2D eigenvalue weighted by Gasteiger charge is -2.05. The molecule has 4 heteroatoms. The number of fused-ring (bicyclic) bond motifs is 1. The van der Waals surface area contributed by atoms with Crippen LogP contribution in [0.4, 0.5) is 0 Å². The third-order valence-electron chi connectivity index (χ3n) is 3.51. The van der Waals surface area contributed by atoms with Crippen molar-refractivity contribution in [1.82, 2.24) is 4.98 Å². The number of pyridine rings is 1. The zero-order valence-electron chi connectivity index (χ0n) is 12.0. The topological polar surface area (TPSA) is 61.3 Å². The lowest BCUT2D eigenvalue weighted by atomic mass is 10.0. The molecule has 21 heavy (non-hydrogen) atoms. The summed E-state index contributed by atoms with van der Waals surface area (Å²) in [5.41, 5.74) is 10.9. The molecule has 2 N–H and O–H groups in total. The Kier molecular flexibility index (Phi) is 3.99. The van der Waals surface area contributed by atoms with E-state index in [2.05, 4.69) is 17.1 Å². The Bertz CT molecular complexity index is 749. The molecular formula is C17H18N2O2. The normalized spacial score (nSPS) is 11.1. The Morgan fingerprint density at radius 3 is 2.90 bits per heavy atom. The summed E-state index contributed by atoms with van der Waals surface area (Å²) in [4.78, 5) is 4.28. The van der Waals surface area contributed by atoms with Crippen LogP contribution in [0.25, 0.3) is 22.1 Å². The lowest BCUT2D eigenvalue weighted by Crippen LogP contribution is -2.01. The first kappa shape index (κ1) is 13.8. The maximum atomic E-state index is 5.65. The second-order valence-electron chi connectivity index (χ2n) is 5.03. The van der Waals surface area contributed by atoms with E-state index in [-0.39, 0.29) is 0 Å². The van der Waals surface area contributed by atoms with Crippen molar-refractivity contribution in [2.75, 3.05) is 13.7 Å². The van der Waals surface area contributed by atoms with E-state index in [0.29, 0.717) is 13.2 Å². The van der Waals surface area contributed by atoms with Crippen molar-refractivity contribution in [2.45, 2.75) is 13.0 Å².